The van der Waals surface area contributed by atoms with Crippen LogP contribution in [0.15, 0.2) is 11.6 Å². The van der Waals surface area contributed by atoms with Gasteiger partial charge in [-0.25, -0.2) is 4.79 Å². The largest absolute Gasteiger partial charge is 0.480 e. The summed E-state index contributed by atoms with van der Waals surface area (Å²) in [7, 11) is 0. The number of carboxylic acid groups (broad SMARTS) is 1. The van der Waals surface area contributed by atoms with E-state index < -0.39 is 12.0 Å². The number of carboxylic acids is 1. The quantitative estimate of drug-likeness (QED) is 0.184. The molecule has 0 heterocycles. The van der Waals surface area contributed by atoms with E-state index in [-0.39, 0.29) is 5.91 Å². The minimum absolute atomic E-state index is 0.301. The monoisotopic (exact) mass is 441 g/mol. The Balaban J connectivity index is 3.84. The van der Waals surface area contributed by atoms with Crippen LogP contribution < -0.4 is 5.32 Å². The summed E-state index contributed by atoms with van der Waals surface area (Å²) in [6.45, 7) is 12.9. The summed E-state index contributed by atoms with van der Waals surface area (Å²) < 4.78 is 0. The number of hydrogen-bond donors (Lipinski definition) is 2. The summed E-state index contributed by atoms with van der Waals surface area (Å²) in [5.41, 5.74) is 1.37. The van der Waals surface area contributed by atoms with Crippen LogP contribution in [0.4, 0.5) is 0 Å². The highest BCUT2D eigenvalue weighted by atomic mass is 32.2. The predicted octanol–water partition coefficient (Wildman–Crippen LogP) is 6.69. The average molecular weight is 442 g/mol. The van der Waals surface area contributed by atoms with Gasteiger partial charge < -0.3 is 10.4 Å². The Hall–Kier alpha value is -0.970. The third kappa shape index (κ3) is 17.9. The number of amides is 1. The van der Waals surface area contributed by atoms with Gasteiger partial charge in [-0.05, 0) is 37.5 Å². The molecule has 0 fully saturated rings. The Morgan fingerprint density at radius 3 is 1.93 bits per heavy atom. The molecule has 1 amide bonds. The van der Waals surface area contributed by atoms with Crippen molar-refractivity contribution < 1.29 is 14.7 Å². The predicted molar refractivity (Wildman–Crippen MR) is 131 cm³/mol. The maximum atomic E-state index is 11.1. The van der Waals surface area contributed by atoms with Gasteiger partial charge in [-0.2, -0.15) is 11.8 Å². The van der Waals surface area contributed by atoms with Crippen molar-refractivity contribution in [2.45, 2.75) is 105 Å². The second-order valence-corrected chi connectivity index (χ2v) is 10.6. The fourth-order valence-corrected chi connectivity index (χ4v) is 4.62. The van der Waals surface area contributed by atoms with Crippen molar-refractivity contribution in [3.8, 4) is 0 Å². The van der Waals surface area contributed by atoms with E-state index >= 15 is 0 Å². The van der Waals surface area contributed by atoms with E-state index in [9.17, 15) is 9.59 Å². The van der Waals surface area contributed by atoms with E-state index in [1.54, 1.807) is 11.8 Å². The molecule has 0 spiro atoms. The first kappa shape index (κ1) is 29.0. The molecule has 0 saturated carbocycles. The zero-order chi connectivity index (χ0) is 22.9. The standard InChI is InChI=1S/C25H47NO3S/c1-19(2)10-7-11-20(3)12-8-13-21(4)14-9-15-22(5)16-17-30-18-24(25(28)29)26-23(6)27/h16,19-21,24H,7-15,17-18H2,1-6H3,(H,26,27)(H,28,29)/t20-,21-,24+/m1/s1. The Kier molecular flexibility index (Phi) is 17.1. The first-order valence-corrected chi connectivity index (χ1v) is 13.0. The lowest BCUT2D eigenvalue weighted by atomic mass is 9.91. The molecule has 4 nitrogen and oxygen atoms in total. The highest BCUT2D eigenvalue weighted by molar-refractivity contribution is 7.99. The van der Waals surface area contributed by atoms with E-state index in [1.165, 1.54) is 63.9 Å². The molecule has 0 saturated heterocycles. The normalized spacial score (nSPS) is 15.1. The number of carbonyl (C=O) groups is 2. The van der Waals surface area contributed by atoms with Gasteiger partial charge in [0.1, 0.15) is 6.04 Å². The summed E-state index contributed by atoms with van der Waals surface area (Å²) in [6, 6.07) is -0.806. The lowest BCUT2D eigenvalue weighted by molar-refractivity contribution is -0.140. The van der Waals surface area contributed by atoms with Gasteiger partial charge >= 0.3 is 5.97 Å². The average Bonchev–Trinajstić information content (AvgIpc) is 2.63. The Morgan fingerprint density at radius 1 is 0.900 bits per heavy atom. The van der Waals surface area contributed by atoms with Gasteiger partial charge in [0.25, 0.3) is 0 Å². The number of thioether (sulfide) groups is 1. The van der Waals surface area contributed by atoms with Crippen LogP contribution in [0, 0.1) is 17.8 Å². The van der Waals surface area contributed by atoms with E-state index in [2.05, 4.69) is 46.0 Å². The first-order valence-electron chi connectivity index (χ1n) is 11.8. The van der Waals surface area contributed by atoms with Crippen LogP contribution in [0.3, 0.4) is 0 Å². The maximum Gasteiger partial charge on any atom is 0.327 e. The number of rotatable bonds is 18. The van der Waals surface area contributed by atoms with Crippen LogP contribution in [-0.4, -0.2) is 34.5 Å². The summed E-state index contributed by atoms with van der Waals surface area (Å²) in [5, 5.41) is 11.6. The molecule has 0 aromatic carbocycles. The molecular weight excluding hydrogens is 394 g/mol. The number of hydrogen-bond acceptors (Lipinski definition) is 3. The van der Waals surface area contributed by atoms with Gasteiger partial charge in [0.15, 0.2) is 0 Å². The maximum absolute atomic E-state index is 11.1. The number of allylic oxidation sites excluding steroid dienone is 1. The van der Waals surface area contributed by atoms with E-state index in [0.29, 0.717) is 5.75 Å². The molecule has 0 aliphatic carbocycles. The molecule has 5 heteroatoms. The summed E-state index contributed by atoms with van der Waals surface area (Å²) in [6.07, 6.45) is 14.0. The van der Waals surface area contributed by atoms with Crippen molar-refractivity contribution in [1.82, 2.24) is 5.32 Å². The first-order chi connectivity index (χ1) is 14.1. The van der Waals surface area contributed by atoms with Gasteiger partial charge in [0.05, 0.1) is 0 Å². The molecule has 2 N–H and O–H groups in total. The fourth-order valence-electron chi connectivity index (χ4n) is 3.62. The van der Waals surface area contributed by atoms with Gasteiger partial charge in [-0.3, -0.25) is 4.79 Å². The van der Waals surface area contributed by atoms with Gasteiger partial charge in [-0.15, -0.1) is 0 Å². The smallest absolute Gasteiger partial charge is 0.327 e. The van der Waals surface area contributed by atoms with Gasteiger partial charge in [-0.1, -0.05) is 84.3 Å². The minimum atomic E-state index is -0.975. The summed E-state index contributed by atoms with van der Waals surface area (Å²) in [5.74, 6) is 2.40. The zero-order valence-corrected chi connectivity index (χ0v) is 21.2. The number of nitrogens with one attached hydrogen (secondary N) is 1. The molecule has 3 atom stereocenters. The van der Waals surface area contributed by atoms with Crippen molar-refractivity contribution in [2.75, 3.05) is 11.5 Å². The highest BCUT2D eigenvalue weighted by Crippen LogP contribution is 2.22. The lowest BCUT2D eigenvalue weighted by Crippen LogP contribution is -2.41. The SMILES string of the molecule is CC(=O)N[C@@H](CSCC=C(C)CCC[C@H](C)CCC[C@H](C)CCCC(C)C)C(=O)O. The minimum Gasteiger partial charge on any atom is -0.480 e. The van der Waals surface area contributed by atoms with Crippen molar-refractivity contribution in [3.63, 3.8) is 0 Å². The highest BCUT2D eigenvalue weighted by Gasteiger charge is 2.17. The topological polar surface area (TPSA) is 66.4 Å². The molecule has 0 aliphatic rings. The van der Waals surface area contributed by atoms with Gasteiger partial charge in [0.2, 0.25) is 5.91 Å². The molecule has 0 aromatic rings. The van der Waals surface area contributed by atoms with E-state index in [4.69, 9.17) is 5.11 Å². The summed E-state index contributed by atoms with van der Waals surface area (Å²) >= 11 is 1.55. The van der Waals surface area contributed by atoms with Crippen LogP contribution in [0.2, 0.25) is 0 Å². The van der Waals surface area contributed by atoms with E-state index in [0.717, 1.165) is 29.9 Å². The summed E-state index contributed by atoms with van der Waals surface area (Å²) in [4.78, 5) is 22.1. The van der Waals surface area contributed by atoms with Crippen molar-refractivity contribution in [3.05, 3.63) is 11.6 Å². The van der Waals surface area contributed by atoms with Crippen molar-refractivity contribution >= 4 is 23.6 Å². The Bertz CT molecular complexity index is 505. The molecule has 0 aromatic heterocycles. The zero-order valence-electron chi connectivity index (χ0n) is 20.3. The van der Waals surface area contributed by atoms with Crippen molar-refractivity contribution in [2.24, 2.45) is 17.8 Å². The van der Waals surface area contributed by atoms with Crippen LogP contribution in [0.25, 0.3) is 0 Å². The molecule has 0 aliphatic heterocycles. The number of carbonyl (C=O) groups excluding carboxylic acids is 1. The lowest BCUT2D eigenvalue weighted by Gasteiger charge is -2.15. The molecule has 30 heavy (non-hydrogen) atoms. The third-order valence-electron chi connectivity index (χ3n) is 5.65. The van der Waals surface area contributed by atoms with Crippen LogP contribution in [0.1, 0.15) is 99.3 Å². The molecule has 0 bridgehead atoms. The molecule has 0 unspecified atom stereocenters. The molecule has 176 valence electrons. The van der Waals surface area contributed by atoms with Crippen LogP contribution >= 0.6 is 11.8 Å². The van der Waals surface area contributed by atoms with Crippen LogP contribution in [0.5, 0.6) is 0 Å². The molecular formula is C25H47NO3S. The van der Waals surface area contributed by atoms with Gasteiger partial charge in [0, 0.05) is 18.4 Å². The Morgan fingerprint density at radius 2 is 1.43 bits per heavy atom. The fraction of sp³-hybridized carbons (Fsp3) is 0.840. The molecule has 0 rings (SSSR count). The van der Waals surface area contributed by atoms with Crippen LogP contribution in [-0.2, 0) is 9.59 Å². The Labute approximate surface area is 190 Å². The third-order valence-corrected chi connectivity index (χ3v) is 6.62. The molecule has 0 radical (unpaired) electrons. The second kappa shape index (κ2) is 17.7. The van der Waals surface area contributed by atoms with Crippen molar-refractivity contribution in [1.29, 1.82) is 0 Å². The number of aliphatic carboxylic acids is 1. The second-order valence-electron chi connectivity index (χ2n) is 9.54. The van der Waals surface area contributed by atoms with E-state index in [1.807, 2.05) is 0 Å².